The minimum Gasteiger partial charge on any atom is -0.503 e. The Morgan fingerprint density at radius 1 is 1.35 bits per heavy atom. The lowest BCUT2D eigenvalue weighted by Gasteiger charge is -2.26. The molecule has 6 heteroatoms. The maximum absolute atomic E-state index is 12.5. The van der Waals surface area contributed by atoms with Crippen molar-refractivity contribution >= 4 is 23.1 Å². The molecule has 1 saturated carbocycles. The summed E-state index contributed by atoms with van der Waals surface area (Å²) in [7, 11) is 1.47. The second kappa shape index (κ2) is 9.31. The van der Waals surface area contributed by atoms with Crippen molar-refractivity contribution in [2.45, 2.75) is 59.0 Å². The molecule has 2 rings (SSSR count). The van der Waals surface area contributed by atoms with Gasteiger partial charge in [-0.2, -0.15) is 0 Å². The Bertz CT molecular complexity index is 643. The van der Waals surface area contributed by atoms with E-state index < -0.39 is 5.92 Å². The van der Waals surface area contributed by atoms with Crippen molar-refractivity contribution in [3.8, 4) is 11.5 Å². The van der Waals surface area contributed by atoms with Crippen molar-refractivity contribution in [3.63, 3.8) is 0 Å². The van der Waals surface area contributed by atoms with Gasteiger partial charge in [0.2, 0.25) is 0 Å². The van der Waals surface area contributed by atoms with Gasteiger partial charge in [-0.25, -0.2) is 0 Å². The van der Waals surface area contributed by atoms with Gasteiger partial charge in [-0.15, -0.1) is 0 Å². The number of nitrogens with zero attached hydrogens (tertiary/aromatic N) is 1. The summed E-state index contributed by atoms with van der Waals surface area (Å²) in [5, 5.41) is 10.2. The number of ether oxygens (including phenoxy) is 2. The van der Waals surface area contributed by atoms with E-state index in [9.17, 15) is 9.90 Å². The van der Waals surface area contributed by atoms with E-state index in [4.69, 9.17) is 21.7 Å². The summed E-state index contributed by atoms with van der Waals surface area (Å²) in [4.78, 5) is 17.0. The lowest BCUT2D eigenvalue weighted by atomic mass is 9.88. The number of aromatic hydroxyl groups is 1. The summed E-state index contributed by atoms with van der Waals surface area (Å²) in [5.74, 6) is 0.576. The Hall–Kier alpha value is -1.69. The van der Waals surface area contributed by atoms with E-state index in [-0.39, 0.29) is 23.5 Å². The number of thiocarbonyl (C=S) groups is 1. The predicted molar refractivity (Wildman–Crippen MR) is 105 cm³/mol. The van der Waals surface area contributed by atoms with Gasteiger partial charge in [0.15, 0.2) is 11.5 Å². The van der Waals surface area contributed by atoms with E-state index in [0.29, 0.717) is 28.9 Å². The molecule has 5 nitrogen and oxygen atoms in total. The highest BCUT2D eigenvalue weighted by Gasteiger charge is 2.29. The van der Waals surface area contributed by atoms with Crippen LogP contribution in [-0.4, -0.2) is 34.1 Å². The standard InChI is InChI=1S/C20H29NO4S/c1-12(11-17(26)18-19(22)16(24-4)9-10-21-18)20(23)25-14(3)13(2)15-7-5-6-8-15/h9-10,12-15,22H,5-8,11H2,1-4H3/t12-,13-,14+/m1/s1. The van der Waals surface area contributed by atoms with Crippen molar-refractivity contribution < 1.29 is 19.4 Å². The molecule has 3 atom stereocenters. The fraction of sp³-hybridized carbons (Fsp3) is 0.650. The van der Waals surface area contributed by atoms with E-state index >= 15 is 0 Å². The predicted octanol–water partition coefficient (Wildman–Crippen LogP) is 4.30. The second-order valence-electron chi connectivity index (χ2n) is 7.28. The number of hydrogen-bond acceptors (Lipinski definition) is 6. The number of rotatable bonds is 8. The SMILES string of the molecule is COc1ccnc(C(=S)C[C@@H](C)C(=O)O[C@@H](C)[C@@H](C)C2CCCC2)c1O. The zero-order valence-electron chi connectivity index (χ0n) is 16.0. The summed E-state index contributed by atoms with van der Waals surface area (Å²) in [6.45, 7) is 5.93. The first-order valence-corrected chi connectivity index (χ1v) is 9.71. The van der Waals surface area contributed by atoms with Crippen LogP contribution in [0.25, 0.3) is 0 Å². The average Bonchev–Trinajstić information content (AvgIpc) is 3.15. The second-order valence-corrected chi connectivity index (χ2v) is 7.78. The first-order valence-electron chi connectivity index (χ1n) is 9.30. The van der Waals surface area contributed by atoms with Crippen LogP contribution in [0.4, 0.5) is 0 Å². The molecule has 1 N–H and O–H groups in total. The van der Waals surface area contributed by atoms with Crippen molar-refractivity contribution in [1.82, 2.24) is 4.98 Å². The molecule has 1 aliphatic rings. The molecule has 0 bridgehead atoms. The molecule has 1 aromatic heterocycles. The summed E-state index contributed by atoms with van der Waals surface area (Å²) >= 11 is 5.38. The summed E-state index contributed by atoms with van der Waals surface area (Å²) in [5.41, 5.74) is 0.284. The number of carbonyl (C=O) groups excluding carboxylic acids is 1. The summed E-state index contributed by atoms with van der Waals surface area (Å²) in [6, 6.07) is 1.56. The van der Waals surface area contributed by atoms with E-state index in [1.54, 1.807) is 13.0 Å². The average molecular weight is 380 g/mol. The third kappa shape index (κ3) is 4.93. The van der Waals surface area contributed by atoms with Gasteiger partial charge in [0, 0.05) is 17.1 Å². The Kier molecular flexibility index (Phi) is 7.38. The number of hydrogen-bond donors (Lipinski definition) is 1. The number of methoxy groups -OCH3 is 1. The highest BCUT2D eigenvalue weighted by molar-refractivity contribution is 7.80. The monoisotopic (exact) mass is 379 g/mol. The molecule has 0 saturated heterocycles. The molecular weight excluding hydrogens is 350 g/mol. The summed E-state index contributed by atoms with van der Waals surface area (Å²) in [6.07, 6.45) is 6.72. The Morgan fingerprint density at radius 3 is 2.62 bits per heavy atom. The van der Waals surface area contributed by atoms with Crippen LogP contribution in [0.3, 0.4) is 0 Å². The van der Waals surface area contributed by atoms with Crippen molar-refractivity contribution in [2.75, 3.05) is 7.11 Å². The molecule has 26 heavy (non-hydrogen) atoms. The Morgan fingerprint density at radius 2 is 2.00 bits per heavy atom. The van der Waals surface area contributed by atoms with Crippen LogP contribution >= 0.6 is 12.2 Å². The van der Waals surface area contributed by atoms with Crippen LogP contribution in [0, 0.1) is 17.8 Å². The number of carbonyl (C=O) groups is 1. The molecular formula is C20H29NO4S. The Balaban J connectivity index is 1.93. The van der Waals surface area contributed by atoms with E-state index in [1.165, 1.54) is 39.0 Å². The fourth-order valence-corrected chi connectivity index (χ4v) is 3.94. The normalized spacial score (nSPS) is 18.2. The van der Waals surface area contributed by atoms with Gasteiger partial charge < -0.3 is 14.6 Å². The molecule has 0 unspecified atom stereocenters. The maximum Gasteiger partial charge on any atom is 0.309 e. The van der Waals surface area contributed by atoms with E-state index in [0.717, 1.165) is 0 Å². The Labute approximate surface area is 161 Å². The topological polar surface area (TPSA) is 68.7 Å². The van der Waals surface area contributed by atoms with Crippen LogP contribution in [0.5, 0.6) is 11.5 Å². The van der Waals surface area contributed by atoms with Gasteiger partial charge in [-0.3, -0.25) is 9.78 Å². The lowest BCUT2D eigenvalue weighted by Crippen LogP contribution is -2.29. The molecule has 0 radical (unpaired) electrons. The maximum atomic E-state index is 12.5. The first-order chi connectivity index (χ1) is 12.3. The van der Waals surface area contributed by atoms with Crippen molar-refractivity contribution in [3.05, 3.63) is 18.0 Å². The van der Waals surface area contributed by atoms with Crippen LogP contribution in [0.1, 0.15) is 58.6 Å². The molecule has 0 aromatic carbocycles. The van der Waals surface area contributed by atoms with Crippen LogP contribution in [0.2, 0.25) is 0 Å². The third-order valence-corrected chi connectivity index (χ3v) is 5.81. The quantitative estimate of drug-likeness (QED) is 0.413. The molecule has 0 aliphatic heterocycles. The van der Waals surface area contributed by atoms with Gasteiger partial charge in [0.25, 0.3) is 0 Å². The number of esters is 1. The van der Waals surface area contributed by atoms with Gasteiger partial charge in [0.05, 0.1) is 13.0 Å². The zero-order valence-corrected chi connectivity index (χ0v) is 16.8. The van der Waals surface area contributed by atoms with Crippen LogP contribution in [-0.2, 0) is 9.53 Å². The van der Waals surface area contributed by atoms with E-state index in [1.807, 2.05) is 6.92 Å². The first kappa shape index (κ1) is 20.6. The molecule has 1 aromatic rings. The number of aromatic nitrogens is 1. The van der Waals surface area contributed by atoms with Gasteiger partial charge in [-0.1, -0.05) is 51.7 Å². The van der Waals surface area contributed by atoms with Gasteiger partial charge in [-0.05, 0) is 25.2 Å². The highest BCUT2D eigenvalue weighted by atomic mass is 32.1. The van der Waals surface area contributed by atoms with Crippen LogP contribution < -0.4 is 4.74 Å². The van der Waals surface area contributed by atoms with Crippen molar-refractivity contribution in [1.29, 1.82) is 0 Å². The molecule has 144 valence electrons. The van der Waals surface area contributed by atoms with E-state index in [2.05, 4.69) is 11.9 Å². The minimum absolute atomic E-state index is 0.0937. The summed E-state index contributed by atoms with van der Waals surface area (Å²) < 4.78 is 10.8. The highest BCUT2D eigenvalue weighted by Crippen LogP contribution is 2.34. The molecule has 1 fully saturated rings. The molecule has 1 heterocycles. The lowest BCUT2D eigenvalue weighted by molar-refractivity contribution is -0.155. The molecule has 0 spiro atoms. The number of pyridine rings is 1. The molecule has 1 aliphatic carbocycles. The third-order valence-electron chi connectivity index (χ3n) is 5.45. The fourth-order valence-electron chi connectivity index (χ4n) is 3.54. The minimum atomic E-state index is -0.395. The smallest absolute Gasteiger partial charge is 0.309 e. The van der Waals surface area contributed by atoms with Crippen LogP contribution in [0.15, 0.2) is 12.3 Å². The van der Waals surface area contributed by atoms with Gasteiger partial charge in [0.1, 0.15) is 11.8 Å². The van der Waals surface area contributed by atoms with Gasteiger partial charge >= 0.3 is 5.97 Å². The largest absolute Gasteiger partial charge is 0.503 e. The molecule has 0 amide bonds. The van der Waals surface area contributed by atoms with Crippen molar-refractivity contribution in [2.24, 2.45) is 17.8 Å². The zero-order chi connectivity index (χ0) is 19.3.